The van der Waals surface area contributed by atoms with Gasteiger partial charge in [-0.05, 0) is 42.9 Å². The number of carbonyl (C=O) groups excluding carboxylic acids is 1. The molecule has 5 rings (SSSR count). The van der Waals surface area contributed by atoms with Gasteiger partial charge < -0.3 is 26.0 Å². The van der Waals surface area contributed by atoms with E-state index in [2.05, 4.69) is 15.2 Å². The monoisotopic (exact) mass is 471 g/mol. The van der Waals surface area contributed by atoms with Crippen molar-refractivity contribution in [2.75, 3.05) is 23.8 Å². The number of aryl methyl sites for hydroxylation is 2. The fourth-order valence-corrected chi connectivity index (χ4v) is 4.59. The first kappa shape index (κ1) is 22.8. The summed E-state index contributed by atoms with van der Waals surface area (Å²) in [6.45, 7) is 3.20. The van der Waals surface area contributed by atoms with E-state index in [0.29, 0.717) is 46.2 Å². The van der Waals surface area contributed by atoms with Crippen LogP contribution in [-0.4, -0.2) is 56.0 Å². The average Bonchev–Trinajstić information content (AvgIpc) is 3.18. The summed E-state index contributed by atoms with van der Waals surface area (Å²) in [7, 11) is 0.496. The molecule has 178 valence electrons. The van der Waals surface area contributed by atoms with E-state index >= 15 is 0 Å². The predicted octanol–water partition coefficient (Wildman–Crippen LogP) is 0.873. The molecule has 4 aromatic rings. The molecular weight excluding hydrogens is 445 g/mol. The van der Waals surface area contributed by atoms with Gasteiger partial charge in [0, 0.05) is 26.3 Å². The Morgan fingerprint density at radius 1 is 1.20 bits per heavy atom. The summed E-state index contributed by atoms with van der Waals surface area (Å²) in [4.78, 5) is 28.5. The van der Waals surface area contributed by atoms with E-state index in [0.717, 1.165) is 36.3 Å². The molecule has 0 aliphatic carbocycles. The van der Waals surface area contributed by atoms with E-state index in [4.69, 9.17) is 15.7 Å². The lowest BCUT2D eigenvalue weighted by Gasteiger charge is -2.29. The number of hydrogen-bond donors (Lipinski definition) is 4. The van der Waals surface area contributed by atoms with Gasteiger partial charge in [-0.3, -0.25) is 9.20 Å². The van der Waals surface area contributed by atoms with Crippen LogP contribution in [0.25, 0.3) is 17.2 Å². The van der Waals surface area contributed by atoms with Crippen LogP contribution in [0.15, 0.2) is 42.6 Å². The van der Waals surface area contributed by atoms with Gasteiger partial charge in [-0.15, -0.1) is 0 Å². The van der Waals surface area contributed by atoms with Crippen molar-refractivity contribution in [2.24, 2.45) is 5.73 Å². The number of hydrogen-bond acceptors (Lipinski definition) is 8. The number of nitrogens with zero attached hydrogens (tertiary/aromatic N) is 5. The number of anilines is 2. The molecule has 35 heavy (non-hydrogen) atoms. The molecule has 1 aliphatic heterocycles. The number of imidazole rings is 1. The van der Waals surface area contributed by atoms with Gasteiger partial charge >= 0.3 is 7.12 Å². The highest BCUT2D eigenvalue weighted by Crippen LogP contribution is 2.34. The first-order valence-corrected chi connectivity index (χ1v) is 11.4. The summed E-state index contributed by atoms with van der Waals surface area (Å²) in [5.74, 6) is 0.646. The van der Waals surface area contributed by atoms with E-state index in [-0.39, 0.29) is 0 Å². The maximum Gasteiger partial charge on any atom is 0.488 e. The van der Waals surface area contributed by atoms with Gasteiger partial charge in [0.1, 0.15) is 17.0 Å². The number of nitrogens with two attached hydrogens (primary N) is 1. The Morgan fingerprint density at radius 2 is 2.03 bits per heavy atom. The smallest absolute Gasteiger partial charge is 0.423 e. The fourth-order valence-electron chi connectivity index (χ4n) is 4.59. The number of pyridine rings is 1. The molecule has 1 aromatic carbocycles. The number of aromatic nitrogens is 4. The Balaban J connectivity index is 1.60. The topological polar surface area (TPSA) is 142 Å². The highest BCUT2D eigenvalue weighted by Gasteiger charge is 2.25. The largest absolute Gasteiger partial charge is 0.488 e. The summed E-state index contributed by atoms with van der Waals surface area (Å²) in [5, 5.41) is 22.4. The normalized spacial score (nSPS) is 13.1. The van der Waals surface area contributed by atoms with Crippen LogP contribution < -0.4 is 21.4 Å². The molecule has 1 amide bonds. The van der Waals surface area contributed by atoms with Crippen molar-refractivity contribution in [3.05, 3.63) is 65.1 Å². The van der Waals surface area contributed by atoms with Crippen molar-refractivity contribution in [3.63, 3.8) is 0 Å². The Labute approximate surface area is 202 Å². The third-order valence-corrected chi connectivity index (χ3v) is 6.26. The SMILES string of the molecule is Cc1nc2c(C(N)=O)cccn2c1-c1nc2c(c(NCc3cccc(B(O)O)c3)n1)N(C)CCC2. The molecule has 1 aliphatic rings. The van der Waals surface area contributed by atoms with E-state index < -0.39 is 13.0 Å². The Kier molecular flexibility index (Phi) is 5.87. The predicted molar refractivity (Wildman–Crippen MR) is 135 cm³/mol. The molecule has 0 saturated carbocycles. The number of primary amides is 1. The zero-order valence-corrected chi connectivity index (χ0v) is 19.6. The lowest BCUT2D eigenvalue weighted by Crippen LogP contribution is -2.30. The lowest BCUT2D eigenvalue weighted by atomic mass is 9.80. The molecule has 0 atom stereocenters. The minimum absolute atomic E-state index is 0.337. The fraction of sp³-hybridized carbons (Fsp3) is 0.250. The van der Waals surface area contributed by atoms with E-state index in [1.807, 2.05) is 26.2 Å². The summed E-state index contributed by atoms with van der Waals surface area (Å²) in [5.41, 5.74) is 11.0. The second-order valence-corrected chi connectivity index (χ2v) is 8.71. The zero-order valence-electron chi connectivity index (χ0n) is 19.6. The van der Waals surface area contributed by atoms with Crippen LogP contribution in [0.2, 0.25) is 0 Å². The van der Waals surface area contributed by atoms with Crippen LogP contribution in [0.1, 0.15) is 33.7 Å². The van der Waals surface area contributed by atoms with Crippen molar-refractivity contribution in [2.45, 2.75) is 26.3 Å². The zero-order chi connectivity index (χ0) is 24.7. The molecule has 0 saturated heterocycles. The highest BCUT2D eigenvalue weighted by molar-refractivity contribution is 6.58. The number of rotatable bonds is 6. The van der Waals surface area contributed by atoms with Crippen LogP contribution in [0, 0.1) is 6.92 Å². The van der Waals surface area contributed by atoms with Gasteiger partial charge in [-0.1, -0.05) is 24.3 Å². The Hall–Kier alpha value is -3.96. The second kappa shape index (κ2) is 9.01. The average molecular weight is 471 g/mol. The highest BCUT2D eigenvalue weighted by atomic mass is 16.4. The molecule has 5 N–H and O–H groups in total. The van der Waals surface area contributed by atoms with Crippen LogP contribution in [0.5, 0.6) is 0 Å². The standard InChI is InChI=1S/C24H26BN7O3/c1-14-19(32-11-4-8-17(21(26)33)24(32)28-14)23-29-18-9-5-10-31(2)20(18)22(30-23)27-13-15-6-3-7-16(12-15)25(34)35/h3-4,6-8,11-12,34-35H,5,9-10,13H2,1-2H3,(H2,26,33)(H,27,29,30). The van der Waals surface area contributed by atoms with Gasteiger partial charge in [-0.25, -0.2) is 15.0 Å². The van der Waals surface area contributed by atoms with Crippen LogP contribution in [0.4, 0.5) is 11.5 Å². The van der Waals surface area contributed by atoms with Crippen molar-refractivity contribution in [1.29, 1.82) is 0 Å². The quantitative estimate of drug-likeness (QED) is 0.304. The van der Waals surface area contributed by atoms with Crippen LogP contribution in [-0.2, 0) is 13.0 Å². The van der Waals surface area contributed by atoms with Gasteiger partial charge in [0.15, 0.2) is 11.6 Å². The molecule has 3 aromatic heterocycles. The second-order valence-electron chi connectivity index (χ2n) is 8.71. The summed E-state index contributed by atoms with van der Waals surface area (Å²) in [6, 6.07) is 10.5. The first-order chi connectivity index (χ1) is 16.8. The van der Waals surface area contributed by atoms with Crippen molar-refractivity contribution in [1.82, 2.24) is 19.4 Å². The molecular formula is C24H26BN7O3. The molecule has 10 nitrogen and oxygen atoms in total. The minimum atomic E-state index is -1.53. The molecule has 0 radical (unpaired) electrons. The van der Waals surface area contributed by atoms with Crippen LogP contribution >= 0.6 is 0 Å². The first-order valence-electron chi connectivity index (χ1n) is 11.4. The molecule has 0 unspecified atom stereocenters. The van der Waals surface area contributed by atoms with E-state index in [1.54, 1.807) is 34.7 Å². The number of fused-ring (bicyclic) bond motifs is 2. The van der Waals surface area contributed by atoms with Gasteiger partial charge in [-0.2, -0.15) is 0 Å². The Morgan fingerprint density at radius 3 is 2.80 bits per heavy atom. The summed E-state index contributed by atoms with van der Waals surface area (Å²) in [6.07, 6.45) is 3.62. The van der Waals surface area contributed by atoms with Crippen LogP contribution in [0.3, 0.4) is 0 Å². The molecule has 11 heteroatoms. The van der Waals surface area contributed by atoms with Crippen molar-refractivity contribution in [3.8, 4) is 11.5 Å². The van der Waals surface area contributed by atoms with Crippen molar-refractivity contribution < 1.29 is 14.8 Å². The number of nitrogens with one attached hydrogen (secondary N) is 1. The third-order valence-electron chi connectivity index (χ3n) is 6.26. The molecule has 4 heterocycles. The molecule has 0 fully saturated rings. The maximum atomic E-state index is 11.9. The number of carbonyl (C=O) groups is 1. The number of benzene rings is 1. The third kappa shape index (κ3) is 4.20. The minimum Gasteiger partial charge on any atom is -0.423 e. The summed E-state index contributed by atoms with van der Waals surface area (Å²) >= 11 is 0. The van der Waals surface area contributed by atoms with Gasteiger partial charge in [0.2, 0.25) is 0 Å². The summed E-state index contributed by atoms with van der Waals surface area (Å²) < 4.78 is 1.81. The van der Waals surface area contributed by atoms with Crippen molar-refractivity contribution >= 4 is 35.6 Å². The maximum absolute atomic E-state index is 11.9. The van der Waals surface area contributed by atoms with Gasteiger partial charge in [0.05, 0.1) is 17.0 Å². The lowest BCUT2D eigenvalue weighted by molar-refractivity contribution is 0.100. The van der Waals surface area contributed by atoms with E-state index in [9.17, 15) is 14.8 Å². The molecule has 0 bridgehead atoms. The number of amides is 1. The van der Waals surface area contributed by atoms with E-state index in [1.165, 1.54) is 0 Å². The Bertz CT molecular complexity index is 1440. The molecule has 0 spiro atoms. The van der Waals surface area contributed by atoms with Gasteiger partial charge in [0.25, 0.3) is 5.91 Å².